The van der Waals surface area contributed by atoms with Gasteiger partial charge in [0.2, 0.25) is 0 Å². The van der Waals surface area contributed by atoms with Crippen LogP contribution in [-0.4, -0.2) is 52.7 Å². The summed E-state index contributed by atoms with van der Waals surface area (Å²) in [6, 6.07) is 12.7. The zero-order valence-corrected chi connectivity index (χ0v) is 15.9. The molecule has 1 fully saturated rings. The van der Waals surface area contributed by atoms with Crippen LogP contribution in [0.2, 0.25) is 0 Å². The molecule has 2 aromatic carbocycles. The van der Waals surface area contributed by atoms with Gasteiger partial charge in [-0.05, 0) is 29.8 Å². The number of nitro groups is 1. The van der Waals surface area contributed by atoms with Gasteiger partial charge in [-0.3, -0.25) is 19.7 Å². The third-order valence-corrected chi connectivity index (χ3v) is 4.62. The first-order chi connectivity index (χ1) is 13.0. The van der Waals surface area contributed by atoms with Gasteiger partial charge in [0.1, 0.15) is 0 Å². The van der Waals surface area contributed by atoms with Crippen molar-refractivity contribution in [3.05, 3.63) is 75.3 Å². The Labute approximate surface area is 168 Å². The average molecular weight is 405 g/mol. The maximum atomic E-state index is 12.6. The molecule has 0 unspecified atom stereocenters. The molecular formula is C19H21ClN4O4. The van der Waals surface area contributed by atoms with Gasteiger partial charge < -0.3 is 15.5 Å². The summed E-state index contributed by atoms with van der Waals surface area (Å²) >= 11 is 0. The summed E-state index contributed by atoms with van der Waals surface area (Å²) in [6.07, 6.45) is 0. The zero-order valence-electron chi connectivity index (χ0n) is 15.1. The number of rotatable bonds is 4. The molecule has 2 amide bonds. The number of hydrogen-bond donors (Lipinski definition) is 1. The lowest BCUT2D eigenvalue weighted by Gasteiger charge is -2.34. The fourth-order valence-electron chi connectivity index (χ4n) is 2.99. The molecule has 0 aromatic heterocycles. The van der Waals surface area contributed by atoms with E-state index < -0.39 is 4.92 Å². The molecule has 0 radical (unpaired) electrons. The van der Waals surface area contributed by atoms with Gasteiger partial charge in [0.25, 0.3) is 17.5 Å². The lowest BCUT2D eigenvalue weighted by atomic mass is 10.1. The van der Waals surface area contributed by atoms with Gasteiger partial charge in [0.05, 0.1) is 4.92 Å². The highest BCUT2D eigenvalue weighted by molar-refractivity contribution is 5.96. The van der Waals surface area contributed by atoms with Crippen molar-refractivity contribution in [3.8, 4) is 0 Å². The van der Waals surface area contributed by atoms with Crippen LogP contribution >= 0.6 is 12.4 Å². The Balaban J connectivity index is 0.00000280. The molecule has 1 saturated heterocycles. The van der Waals surface area contributed by atoms with Crippen molar-refractivity contribution in [1.82, 2.24) is 9.80 Å². The molecule has 0 atom stereocenters. The van der Waals surface area contributed by atoms with Crippen LogP contribution in [0.3, 0.4) is 0 Å². The normalized spacial score (nSPS) is 13.6. The van der Waals surface area contributed by atoms with Crippen molar-refractivity contribution in [3.63, 3.8) is 0 Å². The SMILES string of the molecule is Cl.NCc1ccc(C(=O)N2CCN(C(=O)c3ccc([N+](=O)[O-])cc3)CC2)cc1. The van der Waals surface area contributed by atoms with Gasteiger partial charge >= 0.3 is 0 Å². The summed E-state index contributed by atoms with van der Waals surface area (Å²) < 4.78 is 0. The lowest BCUT2D eigenvalue weighted by Crippen LogP contribution is -2.50. The Morgan fingerprint density at radius 3 is 1.61 bits per heavy atom. The van der Waals surface area contributed by atoms with Crippen molar-refractivity contribution in [2.75, 3.05) is 26.2 Å². The predicted octanol–water partition coefficient (Wildman–Crippen LogP) is 2.07. The Bertz CT molecular complexity index is 847. The molecule has 2 aromatic rings. The van der Waals surface area contributed by atoms with Crippen molar-refractivity contribution in [2.45, 2.75) is 6.54 Å². The summed E-state index contributed by atoms with van der Waals surface area (Å²) in [5, 5.41) is 10.7. The molecule has 1 heterocycles. The van der Waals surface area contributed by atoms with Gasteiger partial charge in [0, 0.05) is 56.0 Å². The lowest BCUT2D eigenvalue weighted by molar-refractivity contribution is -0.384. The quantitative estimate of drug-likeness (QED) is 0.619. The van der Waals surface area contributed by atoms with Gasteiger partial charge in [-0.1, -0.05) is 12.1 Å². The van der Waals surface area contributed by atoms with E-state index in [4.69, 9.17) is 5.73 Å². The number of non-ortho nitro benzene ring substituents is 1. The van der Waals surface area contributed by atoms with Crippen molar-refractivity contribution in [1.29, 1.82) is 0 Å². The fraction of sp³-hybridized carbons (Fsp3) is 0.263. The molecule has 0 bridgehead atoms. The van der Waals surface area contributed by atoms with Crippen LogP contribution in [0.4, 0.5) is 5.69 Å². The number of amides is 2. The molecule has 1 aliphatic heterocycles. The zero-order chi connectivity index (χ0) is 19.4. The third kappa shape index (κ3) is 4.65. The van der Waals surface area contributed by atoms with Crippen molar-refractivity contribution < 1.29 is 14.5 Å². The van der Waals surface area contributed by atoms with Crippen LogP contribution in [-0.2, 0) is 6.54 Å². The number of nitrogens with two attached hydrogens (primary N) is 1. The molecule has 28 heavy (non-hydrogen) atoms. The maximum Gasteiger partial charge on any atom is 0.269 e. The Morgan fingerprint density at radius 2 is 1.25 bits per heavy atom. The Kier molecular flexibility index (Phi) is 7.08. The maximum absolute atomic E-state index is 12.6. The van der Waals surface area contributed by atoms with Gasteiger partial charge in [0.15, 0.2) is 0 Å². The molecular weight excluding hydrogens is 384 g/mol. The second-order valence-electron chi connectivity index (χ2n) is 6.29. The van der Waals surface area contributed by atoms with Gasteiger partial charge in [-0.25, -0.2) is 0 Å². The smallest absolute Gasteiger partial charge is 0.269 e. The van der Waals surface area contributed by atoms with Gasteiger partial charge in [-0.15, -0.1) is 12.4 Å². The molecule has 2 N–H and O–H groups in total. The number of carbonyl (C=O) groups is 2. The topological polar surface area (TPSA) is 110 Å². The van der Waals surface area contributed by atoms with Crippen LogP contribution in [0.5, 0.6) is 0 Å². The predicted molar refractivity (Wildman–Crippen MR) is 106 cm³/mol. The third-order valence-electron chi connectivity index (χ3n) is 4.62. The number of hydrogen-bond acceptors (Lipinski definition) is 5. The number of nitrogens with zero attached hydrogens (tertiary/aromatic N) is 3. The second-order valence-corrected chi connectivity index (χ2v) is 6.29. The minimum atomic E-state index is -0.501. The monoisotopic (exact) mass is 404 g/mol. The Hall–Kier alpha value is -2.97. The number of halogens is 1. The first-order valence-electron chi connectivity index (χ1n) is 8.61. The molecule has 0 aliphatic carbocycles. The number of piperazine rings is 1. The van der Waals surface area contributed by atoms with Crippen LogP contribution < -0.4 is 5.73 Å². The number of benzene rings is 2. The summed E-state index contributed by atoms with van der Waals surface area (Å²) in [5.74, 6) is -0.259. The summed E-state index contributed by atoms with van der Waals surface area (Å²) in [5.41, 5.74) is 7.48. The minimum Gasteiger partial charge on any atom is -0.335 e. The first kappa shape index (κ1) is 21.3. The minimum absolute atomic E-state index is 0. The number of nitro benzene ring substituents is 1. The number of carbonyl (C=O) groups excluding carboxylic acids is 2. The molecule has 0 spiro atoms. The Morgan fingerprint density at radius 1 is 0.857 bits per heavy atom. The van der Waals surface area contributed by atoms with Crippen molar-refractivity contribution >= 4 is 29.9 Å². The van der Waals surface area contributed by atoms with E-state index >= 15 is 0 Å². The van der Waals surface area contributed by atoms with E-state index in [2.05, 4.69) is 0 Å². The van der Waals surface area contributed by atoms with E-state index in [1.165, 1.54) is 24.3 Å². The van der Waals surface area contributed by atoms with E-state index in [0.29, 0.717) is 43.9 Å². The molecule has 0 saturated carbocycles. The van der Waals surface area contributed by atoms with Crippen LogP contribution in [0.25, 0.3) is 0 Å². The van der Waals surface area contributed by atoms with Crippen LogP contribution in [0.1, 0.15) is 26.3 Å². The first-order valence-corrected chi connectivity index (χ1v) is 8.61. The second kappa shape index (κ2) is 9.29. The highest BCUT2D eigenvalue weighted by Crippen LogP contribution is 2.16. The van der Waals surface area contributed by atoms with E-state index in [1.807, 2.05) is 12.1 Å². The molecule has 8 nitrogen and oxygen atoms in total. The standard InChI is InChI=1S/C19H20N4O4.ClH/c20-13-14-1-3-15(4-2-14)18(24)21-9-11-22(12-10-21)19(25)16-5-7-17(8-6-16)23(26)27;/h1-8H,9-13,20H2;1H. The van der Waals surface area contributed by atoms with Crippen LogP contribution in [0, 0.1) is 10.1 Å². The summed E-state index contributed by atoms with van der Waals surface area (Å²) in [6.45, 7) is 2.15. The fourth-order valence-corrected chi connectivity index (χ4v) is 2.99. The summed E-state index contributed by atoms with van der Waals surface area (Å²) in [4.78, 5) is 38.7. The van der Waals surface area contributed by atoms with Gasteiger partial charge in [-0.2, -0.15) is 0 Å². The van der Waals surface area contributed by atoms with E-state index in [0.717, 1.165) is 5.56 Å². The largest absolute Gasteiger partial charge is 0.335 e. The van der Waals surface area contributed by atoms with Crippen molar-refractivity contribution in [2.24, 2.45) is 5.73 Å². The average Bonchev–Trinajstić information content (AvgIpc) is 2.73. The van der Waals surface area contributed by atoms with Crippen LogP contribution in [0.15, 0.2) is 48.5 Å². The highest BCUT2D eigenvalue weighted by atomic mass is 35.5. The molecule has 1 aliphatic rings. The summed E-state index contributed by atoms with van der Waals surface area (Å²) in [7, 11) is 0. The highest BCUT2D eigenvalue weighted by Gasteiger charge is 2.25. The van der Waals surface area contributed by atoms with E-state index in [9.17, 15) is 19.7 Å². The molecule has 148 valence electrons. The van der Waals surface area contributed by atoms with E-state index in [-0.39, 0.29) is 29.9 Å². The van der Waals surface area contributed by atoms with E-state index in [1.54, 1.807) is 21.9 Å². The molecule has 3 rings (SSSR count). The molecule has 9 heteroatoms.